The highest BCUT2D eigenvalue weighted by molar-refractivity contribution is 6.02. The molecule has 0 amide bonds. The molecule has 3 heteroatoms. The fraction of sp³-hybridized carbons (Fsp3) is 0.833. The molecule has 0 aliphatic heterocycles. The van der Waals surface area contributed by atoms with Crippen LogP contribution in [0.4, 0.5) is 0 Å². The van der Waals surface area contributed by atoms with Gasteiger partial charge in [0.25, 0.3) is 0 Å². The quantitative estimate of drug-likeness (QED) is 0.489. The summed E-state index contributed by atoms with van der Waals surface area (Å²) in [6.07, 6.45) is 2.71. The molecule has 2 rings (SSSR count). The van der Waals surface area contributed by atoms with Gasteiger partial charge in [0.2, 0.25) is 0 Å². The molecule has 0 heterocycles. The maximum atomic E-state index is 12.0. The van der Waals surface area contributed by atoms with Crippen LogP contribution in [0, 0.1) is 23.2 Å². The number of esters is 1. The van der Waals surface area contributed by atoms with E-state index in [0.717, 1.165) is 12.8 Å². The van der Waals surface area contributed by atoms with Gasteiger partial charge >= 0.3 is 5.97 Å². The minimum atomic E-state index is -0.471. The molecule has 0 N–H and O–H groups in total. The highest BCUT2D eigenvalue weighted by Crippen LogP contribution is 2.52. The zero-order valence-corrected chi connectivity index (χ0v) is 9.58. The number of hydrogen-bond donors (Lipinski definition) is 0. The fourth-order valence-electron chi connectivity index (χ4n) is 3.31. The Morgan fingerprint density at radius 1 is 1.40 bits per heavy atom. The smallest absolute Gasteiger partial charge is 0.316 e. The number of rotatable bonds is 1. The molecular weight excluding hydrogens is 192 g/mol. The number of carbonyl (C=O) groups is 2. The molecule has 0 bridgehead atoms. The zero-order valence-electron chi connectivity index (χ0n) is 9.58. The fourth-order valence-corrected chi connectivity index (χ4v) is 3.31. The van der Waals surface area contributed by atoms with Crippen molar-refractivity contribution < 1.29 is 14.3 Å². The summed E-state index contributed by atoms with van der Waals surface area (Å²) >= 11 is 0. The van der Waals surface area contributed by atoms with Crippen molar-refractivity contribution >= 4 is 11.8 Å². The number of fused-ring (bicyclic) bond motifs is 1. The van der Waals surface area contributed by atoms with Crippen molar-refractivity contribution in [2.24, 2.45) is 23.2 Å². The largest absolute Gasteiger partial charge is 0.468 e. The molecule has 1 unspecified atom stereocenters. The lowest BCUT2D eigenvalue weighted by molar-refractivity contribution is -0.148. The Morgan fingerprint density at radius 2 is 2.07 bits per heavy atom. The second-order valence-corrected chi connectivity index (χ2v) is 5.65. The maximum absolute atomic E-state index is 12.0. The van der Waals surface area contributed by atoms with Crippen molar-refractivity contribution in [2.45, 2.75) is 33.1 Å². The van der Waals surface area contributed by atoms with Gasteiger partial charge in [0.1, 0.15) is 11.7 Å². The van der Waals surface area contributed by atoms with Crippen molar-refractivity contribution in [1.29, 1.82) is 0 Å². The van der Waals surface area contributed by atoms with Crippen LogP contribution in [0.2, 0.25) is 0 Å². The molecule has 2 saturated carbocycles. The van der Waals surface area contributed by atoms with Gasteiger partial charge in [-0.2, -0.15) is 0 Å². The standard InChI is InChI=1S/C12H18O3/c1-12(2)5-7-4-8(11(14)15-3)10(13)9(7)6-12/h7-9H,4-6H2,1-3H3/t7-,8?,9+/m0/s1. The van der Waals surface area contributed by atoms with Crippen LogP contribution in [0.5, 0.6) is 0 Å². The SMILES string of the molecule is COC(=O)C1C[C@H]2CC(C)(C)C[C@H]2C1=O. The second kappa shape index (κ2) is 3.32. The van der Waals surface area contributed by atoms with E-state index in [1.807, 2.05) is 0 Å². The van der Waals surface area contributed by atoms with E-state index in [2.05, 4.69) is 18.6 Å². The summed E-state index contributed by atoms with van der Waals surface area (Å²) in [6.45, 7) is 4.40. The van der Waals surface area contributed by atoms with Crippen LogP contribution in [0.1, 0.15) is 33.1 Å². The van der Waals surface area contributed by atoms with E-state index in [-0.39, 0.29) is 23.1 Å². The van der Waals surface area contributed by atoms with Gasteiger partial charge in [0, 0.05) is 5.92 Å². The molecule has 2 aliphatic rings. The molecule has 0 aromatic rings. The van der Waals surface area contributed by atoms with Crippen molar-refractivity contribution in [3.05, 3.63) is 0 Å². The molecule has 0 radical (unpaired) electrons. The lowest BCUT2D eigenvalue weighted by atomic mass is 9.87. The van der Waals surface area contributed by atoms with E-state index < -0.39 is 5.92 Å². The van der Waals surface area contributed by atoms with Crippen molar-refractivity contribution in [3.8, 4) is 0 Å². The van der Waals surface area contributed by atoms with Crippen LogP contribution >= 0.6 is 0 Å². The third kappa shape index (κ3) is 1.68. The van der Waals surface area contributed by atoms with Crippen molar-refractivity contribution in [3.63, 3.8) is 0 Å². The van der Waals surface area contributed by atoms with Gasteiger partial charge in [-0.15, -0.1) is 0 Å². The number of ketones is 1. The van der Waals surface area contributed by atoms with Crippen LogP contribution in [0.3, 0.4) is 0 Å². The van der Waals surface area contributed by atoms with Crippen molar-refractivity contribution in [2.75, 3.05) is 7.11 Å². The Balaban J connectivity index is 2.11. The van der Waals surface area contributed by atoms with Gasteiger partial charge in [-0.05, 0) is 30.6 Å². The lowest BCUT2D eigenvalue weighted by Crippen LogP contribution is -2.24. The van der Waals surface area contributed by atoms with Crippen molar-refractivity contribution in [1.82, 2.24) is 0 Å². The molecule has 0 aromatic carbocycles. The topological polar surface area (TPSA) is 43.4 Å². The Morgan fingerprint density at radius 3 is 2.60 bits per heavy atom. The molecule has 3 atom stereocenters. The summed E-state index contributed by atoms with van der Waals surface area (Å²) in [7, 11) is 1.35. The predicted molar refractivity (Wildman–Crippen MR) is 55.1 cm³/mol. The van der Waals surface area contributed by atoms with Gasteiger partial charge in [0.05, 0.1) is 7.11 Å². The van der Waals surface area contributed by atoms with Gasteiger partial charge in [-0.3, -0.25) is 9.59 Å². The van der Waals surface area contributed by atoms with E-state index in [1.54, 1.807) is 0 Å². The third-order valence-electron chi connectivity index (χ3n) is 3.89. The Labute approximate surface area is 90.2 Å². The number of ether oxygens (including phenoxy) is 1. The molecule has 2 fully saturated rings. The second-order valence-electron chi connectivity index (χ2n) is 5.65. The zero-order chi connectivity index (χ0) is 11.2. The minimum Gasteiger partial charge on any atom is -0.468 e. The molecule has 0 aromatic heterocycles. The molecule has 2 aliphatic carbocycles. The highest BCUT2D eigenvalue weighted by atomic mass is 16.5. The summed E-state index contributed by atoms with van der Waals surface area (Å²) in [5, 5.41) is 0. The first kappa shape index (κ1) is 10.7. The van der Waals surface area contributed by atoms with E-state index in [1.165, 1.54) is 7.11 Å². The summed E-state index contributed by atoms with van der Waals surface area (Å²) in [5.41, 5.74) is 0.270. The highest BCUT2D eigenvalue weighted by Gasteiger charge is 2.52. The minimum absolute atomic E-state index is 0.115. The number of Topliss-reactive ketones (excluding diaryl/α,β-unsaturated/α-hetero) is 1. The average molecular weight is 210 g/mol. The van der Waals surface area contributed by atoms with Crippen LogP contribution < -0.4 is 0 Å². The normalized spacial score (nSPS) is 37.8. The first-order chi connectivity index (χ1) is 6.94. The van der Waals surface area contributed by atoms with Crippen LogP contribution in [-0.4, -0.2) is 18.9 Å². The third-order valence-corrected chi connectivity index (χ3v) is 3.89. The molecule has 3 nitrogen and oxygen atoms in total. The number of methoxy groups -OCH3 is 1. The van der Waals surface area contributed by atoms with E-state index in [0.29, 0.717) is 12.3 Å². The average Bonchev–Trinajstić information content (AvgIpc) is 2.60. The molecule has 84 valence electrons. The molecule has 0 spiro atoms. The maximum Gasteiger partial charge on any atom is 0.316 e. The van der Waals surface area contributed by atoms with E-state index in [9.17, 15) is 9.59 Å². The molecule has 15 heavy (non-hydrogen) atoms. The Bertz CT molecular complexity index is 306. The first-order valence-electron chi connectivity index (χ1n) is 5.56. The predicted octanol–water partition coefficient (Wildman–Crippen LogP) is 1.80. The van der Waals surface area contributed by atoms with Gasteiger partial charge < -0.3 is 4.74 Å². The lowest BCUT2D eigenvalue weighted by Gasteiger charge is -2.18. The van der Waals surface area contributed by atoms with E-state index >= 15 is 0 Å². The van der Waals surface area contributed by atoms with Gasteiger partial charge in [0.15, 0.2) is 0 Å². The summed E-state index contributed by atoms with van der Waals surface area (Å²) in [4.78, 5) is 23.3. The molecular formula is C12H18O3. The Kier molecular flexibility index (Phi) is 2.36. The summed E-state index contributed by atoms with van der Waals surface area (Å²) in [6, 6.07) is 0. The Hall–Kier alpha value is -0.860. The summed E-state index contributed by atoms with van der Waals surface area (Å²) < 4.78 is 4.66. The van der Waals surface area contributed by atoms with Crippen LogP contribution in [0.15, 0.2) is 0 Å². The van der Waals surface area contributed by atoms with E-state index in [4.69, 9.17) is 0 Å². The first-order valence-corrected chi connectivity index (χ1v) is 5.56. The van der Waals surface area contributed by atoms with Gasteiger partial charge in [-0.25, -0.2) is 0 Å². The van der Waals surface area contributed by atoms with Crippen LogP contribution in [-0.2, 0) is 14.3 Å². The molecule has 0 saturated heterocycles. The number of carbonyl (C=O) groups excluding carboxylic acids is 2. The monoisotopic (exact) mass is 210 g/mol. The van der Waals surface area contributed by atoms with Crippen LogP contribution in [0.25, 0.3) is 0 Å². The number of hydrogen-bond acceptors (Lipinski definition) is 3. The summed E-state index contributed by atoms with van der Waals surface area (Å²) in [5.74, 6) is -0.161. The van der Waals surface area contributed by atoms with Gasteiger partial charge in [-0.1, -0.05) is 13.8 Å².